The first-order valence-electron chi connectivity index (χ1n) is 13.8. The SMILES string of the molecule is CCOc1cnc(NC(=O)N(C)[C@H]2CN(c3nccc(OC(=O)NC4C[C@H]5CC[C@@H](C4)N5C)n3)CCC2(F)F)cn1. The van der Waals surface area contributed by atoms with Gasteiger partial charge >= 0.3 is 12.1 Å². The van der Waals surface area contributed by atoms with E-state index in [1.807, 2.05) is 0 Å². The second-order valence-electron chi connectivity index (χ2n) is 10.6. The van der Waals surface area contributed by atoms with E-state index in [1.165, 1.54) is 31.7 Å². The molecule has 0 aromatic carbocycles. The Kier molecular flexibility index (Phi) is 8.33. The Morgan fingerprint density at radius 2 is 1.90 bits per heavy atom. The second kappa shape index (κ2) is 11.9. The number of nitrogens with one attached hydrogen (secondary N) is 2. The topological polar surface area (TPSA) is 138 Å². The largest absolute Gasteiger partial charge is 0.477 e. The minimum Gasteiger partial charge on any atom is -0.477 e. The summed E-state index contributed by atoms with van der Waals surface area (Å²) in [5.74, 6) is -2.64. The van der Waals surface area contributed by atoms with Crippen molar-refractivity contribution in [3.8, 4) is 11.8 Å². The molecular weight excluding hydrogens is 540 g/mol. The quantitative estimate of drug-likeness (QED) is 0.507. The van der Waals surface area contributed by atoms with E-state index in [4.69, 9.17) is 9.47 Å². The van der Waals surface area contributed by atoms with E-state index in [0.717, 1.165) is 30.6 Å². The molecule has 3 fully saturated rings. The molecule has 2 N–H and O–H groups in total. The van der Waals surface area contributed by atoms with Crippen molar-refractivity contribution >= 4 is 23.9 Å². The van der Waals surface area contributed by atoms with Gasteiger partial charge in [-0.2, -0.15) is 4.98 Å². The number of aromatic nitrogens is 4. The lowest BCUT2D eigenvalue weighted by molar-refractivity contribution is -0.0760. The van der Waals surface area contributed by atoms with Gasteiger partial charge in [0.25, 0.3) is 5.92 Å². The van der Waals surface area contributed by atoms with Gasteiger partial charge in [-0.25, -0.2) is 33.3 Å². The molecule has 4 atom stereocenters. The van der Waals surface area contributed by atoms with Gasteiger partial charge in [0.15, 0.2) is 5.82 Å². The van der Waals surface area contributed by atoms with Crippen LogP contribution in [0.3, 0.4) is 0 Å². The molecule has 15 heteroatoms. The van der Waals surface area contributed by atoms with Gasteiger partial charge < -0.3 is 29.5 Å². The van der Waals surface area contributed by atoms with E-state index < -0.39 is 30.5 Å². The lowest BCUT2D eigenvalue weighted by Gasteiger charge is -2.42. The smallest absolute Gasteiger partial charge is 0.414 e. The van der Waals surface area contributed by atoms with E-state index in [0.29, 0.717) is 18.7 Å². The molecule has 0 spiro atoms. The molecule has 2 bridgehead atoms. The first kappa shape index (κ1) is 28.6. The Morgan fingerprint density at radius 3 is 2.59 bits per heavy atom. The summed E-state index contributed by atoms with van der Waals surface area (Å²) in [6, 6.07) is 0.135. The van der Waals surface area contributed by atoms with Crippen molar-refractivity contribution in [2.45, 2.75) is 69.1 Å². The van der Waals surface area contributed by atoms with E-state index in [2.05, 4.69) is 42.5 Å². The van der Waals surface area contributed by atoms with Crippen LogP contribution in [0.1, 0.15) is 39.0 Å². The Morgan fingerprint density at radius 1 is 1.15 bits per heavy atom. The molecule has 3 aliphatic heterocycles. The monoisotopic (exact) mass is 575 g/mol. The zero-order valence-corrected chi connectivity index (χ0v) is 23.3. The third kappa shape index (κ3) is 6.55. The van der Waals surface area contributed by atoms with E-state index in [-0.39, 0.29) is 42.7 Å². The molecule has 3 aliphatic rings. The van der Waals surface area contributed by atoms with Crippen LogP contribution in [0.5, 0.6) is 11.8 Å². The highest BCUT2D eigenvalue weighted by Crippen LogP contribution is 2.35. The van der Waals surface area contributed by atoms with Crippen LogP contribution in [0.15, 0.2) is 24.7 Å². The average Bonchev–Trinajstić information content (AvgIpc) is 3.13. The molecule has 3 amide bonds. The van der Waals surface area contributed by atoms with Crippen molar-refractivity contribution in [2.75, 3.05) is 44.0 Å². The van der Waals surface area contributed by atoms with Crippen LogP contribution in [-0.4, -0.2) is 106 Å². The summed E-state index contributed by atoms with van der Waals surface area (Å²) in [6.45, 7) is 1.92. The number of likely N-dealkylation sites (N-methyl/N-ethyl adjacent to an activating group) is 1. The van der Waals surface area contributed by atoms with Gasteiger partial charge in [0, 0.05) is 56.9 Å². The number of carbonyl (C=O) groups excluding carboxylic acids is 2. The average molecular weight is 576 g/mol. The maximum absolute atomic E-state index is 15.0. The van der Waals surface area contributed by atoms with E-state index in [9.17, 15) is 18.4 Å². The molecular formula is C26H35F2N9O4. The molecule has 1 unspecified atom stereocenters. The Hall–Kier alpha value is -3.88. The van der Waals surface area contributed by atoms with Gasteiger partial charge in [-0.05, 0) is 39.7 Å². The molecule has 2 aromatic rings. The molecule has 0 aliphatic carbocycles. The Bertz CT molecular complexity index is 1220. The summed E-state index contributed by atoms with van der Waals surface area (Å²) in [6.07, 6.45) is 6.89. The number of urea groups is 1. The van der Waals surface area contributed by atoms with Crippen LogP contribution in [0, 0.1) is 0 Å². The van der Waals surface area contributed by atoms with Crippen molar-refractivity contribution in [3.63, 3.8) is 0 Å². The van der Waals surface area contributed by atoms with Crippen LogP contribution in [0.2, 0.25) is 0 Å². The van der Waals surface area contributed by atoms with Crippen molar-refractivity contribution in [3.05, 3.63) is 24.7 Å². The number of fused-ring (bicyclic) bond motifs is 2. The zero-order valence-electron chi connectivity index (χ0n) is 23.3. The van der Waals surface area contributed by atoms with Crippen molar-refractivity contribution in [1.82, 2.24) is 35.1 Å². The second-order valence-corrected chi connectivity index (χ2v) is 10.6. The third-order valence-corrected chi connectivity index (χ3v) is 8.06. The van der Waals surface area contributed by atoms with E-state index in [1.54, 1.807) is 11.8 Å². The fraction of sp³-hybridized carbons (Fsp3) is 0.615. The maximum Gasteiger partial charge on any atom is 0.414 e. The zero-order chi connectivity index (χ0) is 29.1. The van der Waals surface area contributed by atoms with Crippen LogP contribution in [0.4, 0.5) is 30.1 Å². The highest BCUT2D eigenvalue weighted by atomic mass is 19.3. The van der Waals surface area contributed by atoms with Crippen molar-refractivity contribution in [1.29, 1.82) is 0 Å². The Balaban J connectivity index is 1.19. The highest BCUT2D eigenvalue weighted by Gasteiger charge is 2.48. The van der Waals surface area contributed by atoms with E-state index >= 15 is 0 Å². The summed E-state index contributed by atoms with van der Waals surface area (Å²) in [7, 11) is 3.42. The van der Waals surface area contributed by atoms with Crippen molar-refractivity contribution < 1.29 is 27.8 Å². The number of hydrogen-bond acceptors (Lipinski definition) is 10. The summed E-state index contributed by atoms with van der Waals surface area (Å²) >= 11 is 0. The van der Waals surface area contributed by atoms with Gasteiger partial charge in [-0.15, -0.1) is 0 Å². The van der Waals surface area contributed by atoms with Gasteiger partial charge in [0.05, 0.1) is 19.0 Å². The van der Waals surface area contributed by atoms with Crippen LogP contribution in [-0.2, 0) is 0 Å². The number of rotatable bonds is 7. The molecule has 0 saturated carbocycles. The fourth-order valence-electron chi connectivity index (χ4n) is 5.78. The molecule has 5 heterocycles. The number of alkyl halides is 2. The minimum absolute atomic E-state index is 0.0115. The predicted octanol–water partition coefficient (Wildman–Crippen LogP) is 2.76. The standard InChI is InChI=1S/C26H35F2N9O4/c1-4-40-22-14-30-20(13-31-22)33-24(38)36(3)19-15-37(10-8-26(19,27)28)23-29-9-7-21(34-23)41-25(39)32-16-11-17-5-6-18(12-16)35(17)2/h7,9,13-14,16-19H,4-6,8,10-12,15H2,1-3H3,(H,32,39)(H,30,33,38)/t16?,17-,18+,19-/m0/s1. The maximum atomic E-state index is 15.0. The first-order chi connectivity index (χ1) is 19.6. The minimum atomic E-state index is -3.16. The van der Waals surface area contributed by atoms with Gasteiger partial charge in [0.1, 0.15) is 6.04 Å². The van der Waals surface area contributed by atoms with Crippen LogP contribution in [0.25, 0.3) is 0 Å². The lowest BCUT2D eigenvalue weighted by Crippen LogP contribution is -2.60. The van der Waals surface area contributed by atoms with Gasteiger partial charge in [-0.3, -0.25) is 5.32 Å². The highest BCUT2D eigenvalue weighted by molar-refractivity contribution is 5.88. The molecule has 13 nitrogen and oxygen atoms in total. The molecule has 2 aromatic heterocycles. The van der Waals surface area contributed by atoms with Crippen molar-refractivity contribution in [2.24, 2.45) is 0 Å². The summed E-state index contributed by atoms with van der Waals surface area (Å²) < 4.78 is 40.6. The number of carbonyl (C=O) groups is 2. The molecule has 5 rings (SSSR count). The number of amides is 3. The first-order valence-corrected chi connectivity index (χ1v) is 13.8. The fourth-order valence-corrected chi connectivity index (χ4v) is 5.78. The van der Waals surface area contributed by atoms with Gasteiger partial charge in [-0.1, -0.05) is 0 Å². The number of hydrogen-bond donors (Lipinski definition) is 2. The molecule has 0 radical (unpaired) electrons. The summed E-state index contributed by atoms with van der Waals surface area (Å²) in [4.78, 5) is 46.8. The Labute approximate surface area is 236 Å². The number of piperidine rings is 2. The van der Waals surface area contributed by atoms with Crippen LogP contribution < -0.4 is 25.0 Å². The summed E-state index contributed by atoms with van der Waals surface area (Å²) in [5, 5.41) is 5.42. The number of nitrogens with zero attached hydrogens (tertiary/aromatic N) is 7. The van der Waals surface area contributed by atoms with Crippen LogP contribution >= 0.6 is 0 Å². The number of anilines is 2. The molecule has 3 saturated heterocycles. The summed E-state index contributed by atoms with van der Waals surface area (Å²) in [5.41, 5.74) is 0. The number of ether oxygens (including phenoxy) is 2. The predicted molar refractivity (Wildman–Crippen MR) is 144 cm³/mol. The lowest BCUT2D eigenvalue weighted by atomic mass is 9.98. The molecule has 41 heavy (non-hydrogen) atoms. The van der Waals surface area contributed by atoms with Gasteiger partial charge in [0.2, 0.25) is 17.7 Å². The normalized spacial score (nSPS) is 25.3. The third-order valence-electron chi connectivity index (χ3n) is 8.06. The number of halogens is 2. The molecule has 222 valence electrons.